The summed E-state index contributed by atoms with van der Waals surface area (Å²) in [7, 11) is 1.33. The van der Waals surface area contributed by atoms with Crippen LogP contribution in [0.5, 0.6) is 5.75 Å². The molecule has 24 heavy (non-hydrogen) atoms. The molecule has 2 rings (SSSR count). The summed E-state index contributed by atoms with van der Waals surface area (Å²) in [6.45, 7) is 2.05. The van der Waals surface area contributed by atoms with E-state index in [1.54, 1.807) is 36.4 Å². The smallest absolute Gasteiger partial charge is 0.310 e. The average molecular weight is 327 g/mol. The molecule has 5 heteroatoms. The molecule has 1 unspecified atom stereocenters. The molecule has 0 heterocycles. The number of ether oxygens (including phenoxy) is 1. The normalized spacial score (nSPS) is 11.6. The number of hydrogen-bond acceptors (Lipinski definition) is 4. The number of methoxy groups -OCH3 is 1. The number of carbonyl (C=O) groups is 2. The molecule has 0 aliphatic rings. The van der Waals surface area contributed by atoms with Crippen LogP contribution >= 0.6 is 0 Å². The van der Waals surface area contributed by atoms with E-state index in [2.05, 4.69) is 5.32 Å². The van der Waals surface area contributed by atoms with E-state index in [0.717, 1.165) is 11.1 Å². The number of amides is 1. The summed E-state index contributed by atoms with van der Waals surface area (Å²) in [6, 6.07) is 13.9. The summed E-state index contributed by atoms with van der Waals surface area (Å²) >= 11 is 0. The Morgan fingerprint density at radius 3 is 2.42 bits per heavy atom. The Kier molecular flexibility index (Phi) is 5.95. The van der Waals surface area contributed by atoms with E-state index in [1.165, 1.54) is 7.11 Å². The number of rotatable bonds is 6. The summed E-state index contributed by atoms with van der Waals surface area (Å²) < 4.78 is 4.83. The van der Waals surface area contributed by atoms with Gasteiger partial charge in [-0.25, -0.2) is 0 Å². The van der Waals surface area contributed by atoms with Crippen LogP contribution in [0.25, 0.3) is 0 Å². The predicted molar refractivity (Wildman–Crippen MR) is 90.8 cm³/mol. The van der Waals surface area contributed by atoms with Crippen molar-refractivity contribution in [1.29, 1.82) is 0 Å². The van der Waals surface area contributed by atoms with E-state index in [4.69, 9.17) is 4.74 Å². The Morgan fingerprint density at radius 2 is 1.79 bits per heavy atom. The van der Waals surface area contributed by atoms with Crippen molar-refractivity contribution in [2.45, 2.75) is 13.3 Å². The van der Waals surface area contributed by atoms with Crippen molar-refractivity contribution >= 4 is 11.9 Å². The van der Waals surface area contributed by atoms with Crippen LogP contribution in [-0.4, -0.2) is 30.6 Å². The van der Waals surface area contributed by atoms with Crippen molar-refractivity contribution in [2.75, 3.05) is 13.7 Å². The number of nitrogens with one attached hydrogen (secondary N) is 1. The minimum Gasteiger partial charge on any atom is -0.508 e. The van der Waals surface area contributed by atoms with Gasteiger partial charge in [-0.1, -0.05) is 30.3 Å². The Labute approximate surface area is 141 Å². The third-order valence-corrected chi connectivity index (χ3v) is 3.85. The summed E-state index contributed by atoms with van der Waals surface area (Å²) in [4.78, 5) is 24.3. The first kappa shape index (κ1) is 17.5. The molecule has 0 saturated carbocycles. The lowest BCUT2D eigenvalue weighted by molar-refractivity contribution is -0.145. The van der Waals surface area contributed by atoms with Gasteiger partial charge >= 0.3 is 5.97 Å². The van der Waals surface area contributed by atoms with E-state index >= 15 is 0 Å². The second kappa shape index (κ2) is 8.15. The van der Waals surface area contributed by atoms with Crippen LogP contribution in [0.3, 0.4) is 0 Å². The van der Waals surface area contributed by atoms with Crippen LogP contribution in [0, 0.1) is 12.8 Å². The maximum atomic E-state index is 12.3. The quantitative estimate of drug-likeness (QED) is 0.799. The first-order valence-electron chi connectivity index (χ1n) is 7.71. The van der Waals surface area contributed by atoms with E-state index in [9.17, 15) is 14.7 Å². The highest BCUT2D eigenvalue weighted by molar-refractivity contribution is 5.95. The highest BCUT2D eigenvalue weighted by Gasteiger charge is 2.21. The number of benzene rings is 2. The van der Waals surface area contributed by atoms with Crippen molar-refractivity contribution in [1.82, 2.24) is 5.32 Å². The maximum Gasteiger partial charge on any atom is 0.310 e. The SMILES string of the molecule is COC(=O)C(CNC(=O)c1ccccc1C)Cc1ccc(O)cc1. The molecule has 0 aliphatic carbocycles. The molecule has 0 fully saturated rings. The lowest BCUT2D eigenvalue weighted by Crippen LogP contribution is -2.35. The van der Waals surface area contributed by atoms with Gasteiger partial charge in [-0.3, -0.25) is 9.59 Å². The lowest BCUT2D eigenvalue weighted by Gasteiger charge is -2.16. The van der Waals surface area contributed by atoms with Crippen LogP contribution in [0.1, 0.15) is 21.5 Å². The van der Waals surface area contributed by atoms with Crippen molar-refractivity contribution in [3.05, 3.63) is 65.2 Å². The largest absolute Gasteiger partial charge is 0.508 e. The number of phenolic OH excluding ortho intramolecular Hbond substituents is 1. The molecule has 2 aromatic carbocycles. The molecule has 0 radical (unpaired) electrons. The average Bonchev–Trinajstić information content (AvgIpc) is 2.59. The monoisotopic (exact) mass is 327 g/mol. The summed E-state index contributed by atoms with van der Waals surface area (Å²) in [5.41, 5.74) is 2.35. The molecule has 2 aromatic rings. The van der Waals surface area contributed by atoms with Gasteiger partial charge in [0.2, 0.25) is 0 Å². The molecule has 0 aromatic heterocycles. The van der Waals surface area contributed by atoms with Crippen LogP contribution < -0.4 is 5.32 Å². The van der Waals surface area contributed by atoms with Crippen molar-refractivity contribution in [3.8, 4) is 5.75 Å². The molecule has 1 atom stereocenters. The fraction of sp³-hybridized carbons (Fsp3) is 0.263. The number of aromatic hydroxyl groups is 1. The number of hydrogen-bond donors (Lipinski definition) is 2. The molecule has 0 saturated heterocycles. The second-order valence-corrected chi connectivity index (χ2v) is 5.62. The molecule has 2 N–H and O–H groups in total. The van der Waals surface area contributed by atoms with Gasteiger partial charge in [-0.15, -0.1) is 0 Å². The molecule has 0 spiro atoms. The Bertz CT molecular complexity index is 710. The Balaban J connectivity index is 2.04. The molecular weight excluding hydrogens is 306 g/mol. The zero-order chi connectivity index (χ0) is 17.5. The van der Waals surface area contributed by atoms with Gasteiger partial charge in [0.1, 0.15) is 5.75 Å². The minimum absolute atomic E-state index is 0.168. The minimum atomic E-state index is -0.493. The van der Waals surface area contributed by atoms with Crippen molar-refractivity contribution in [3.63, 3.8) is 0 Å². The summed E-state index contributed by atoms with van der Waals surface area (Å²) in [5, 5.41) is 12.1. The van der Waals surface area contributed by atoms with Gasteiger partial charge in [0.25, 0.3) is 5.91 Å². The first-order chi connectivity index (χ1) is 11.5. The molecule has 0 bridgehead atoms. The summed E-state index contributed by atoms with van der Waals surface area (Å²) in [6.07, 6.45) is 0.418. The van der Waals surface area contributed by atoms with Gasteiger partial charge < -0.3 is 15.2 Å². The molecule has 5 nitrogen and oxygen atoms in total. The molecule has 1 amide bonds. The fourth-order valence-corrected chi connectivity index (χ4v) is 2.46. The highest BCUT2D eigenvalue weighted by atomic mass is 16.5. The van der Waals surface area contributed by atoms with Gasteiger partial charge in [0.15, 0.2) is 0 Å². The fourth-order valence-electron chi connectivity index (χ4n) is 2.46. The number of esters is 1. The number of aryl methyl sites for hydroxylation is 1. The Hall–Kier alpha value is -2.82. The first-order valence-corrected chi connectivity index (χ1v) is 7.71. The lowest BCUT2D eigenvalue weighted by atomic mass is 9.99. The van der Waals surface area contributed by atoms with Gasteiger partial charge in [-0.2, -0.15) is 0 Å². The van der Waals surface area contributed by atoms with Gasteiger partial charge in [0.05, 0.1) is 13.0 Å². The third-order valence-electron chi connectivity index (χ3n) is 3.85. The van der Waals surface area contributed by atoms with Gasteiger partial charge in [-0.05, 0) is 42.7 Å². The molecule has 0 aliphatic heterocycles. The standard InChI is InChI=1S/C19H21NO4/c1-13-5-3-4-6-17(13)18(22)20-12-15(19(23)24-2)11-14-7-9-16(21)10-8-14/h3-10,15,21H,11-12H2,1-2H3,(H,20,22). The summed E-state index contributed by atoms with van der Waals surface area (Å²) in [5.74, 6) is -0.922. The van der Waals surface area contributed by atoms with E-state index in [-0.39, 0.29) is 24.2 Å². The van der Waals surface area contributed by atoms with E-state index in [1.807, 2.05) is 19.1 Å². The molecule has 126 valence electrons. The molecular formula is C19H21NO4. The van der Waals surface area contributed by atoms with Crippen molar-refractivity contribution < 1.29 is 19.4 Å². The number of phenols is 1. The van der Waals surface area contributed by atoms with E-state index in [0.29, 0.717) is 12.0 Å². The van der Waals surface area contributed by atoms with E-state index < -0.39 is 5.92 Å². The van der Waals surface area contributed by atoms with Crippen molar-refractivity contribution in [2.24, 2.45) is 5.92 Å². The van der Waals surface area contributed by atoms with Gasteiger partial charge in [0, 0.05) is 12.1 Å². The zero-order valence-electron chi connectivity index (χ0n) is 13.8. The third kappa shape index (κ3) is 4.59. The van der Waals surface area contributed by atoms with Crippen LogP contribution in [0.2, 0.25) is 0 Å². The van der Waals surface area contributed by atoms with Crippen LogP contribution in [-0.2, 0) is 16.0 Å². The topological polar surface area (TPSA) is 75.6 Å². The van der Waals surface area contributed by atoms with Crippen LogP contribution in [0.15, 0.2) is 48.5 Å². The predicted octanol–water partition coefficient (Wildman–Crippen LogP) is 2.46. The van der Waals surface area contributed by atoms with Crippen LogP contribution in [0.4, 0.5) is 0 Å². The maximum absolute atomic E-state index is 12.3. The Morgan fingerprint density at radius 1 is 1.12 bits per heavy atom. The second-order valence-electron chi connectivity index (χ2n) is 5.62. The number of carbonyl (C=O) groups excluding carboxylic acids is 2. The zero-order valence-corrected chi connectivity index (χ0v) is 13.8. The highest BCUT2D eigenvalue weighted by Crippen LogP contribution is 2.15.